The van der Waals surface area contributed by atoms with Gasteiger partial charge in [0.05, 0.1) is 5.92 Å². The number of rotatable bonds is 1. The molecule has 3 nitrogen and oxygen atoms in total. The van der Waals surface area contributed by atoms with Gasteiger partial charge in [0.15, 0.2) is 0 Å². The molecular weight excluding hydrogens is 284 g/mol. The van der Waals surface area contributed by atoms with Crippen LogP contribution in [0.4, 0.5) is 0 Å². The van der Waals surface area contributed by atoms with E-state index in [9.17, 15) is 4.79 Å². The predicted molar refractivity (Wildman–Crippen MR) is 82.9 cm³/mol. The summed E-state index contributed by atoms with van der Waals surface area (Å²) in [4.78, 5) is 14.9. The minimum absolute atomic E-state index is 0.0597. The third-order valence-corrected chi connectivity index (χ3v) is 6.14. The summed E-state index contributed by atoms with van der Waals surface area (Å²) >= 11 is 6.25. The Morgan fingerprint density at radius 3 is 2.86 bits per heavy atom. The lowest BCUT2D eigenvalue weighted by molar-refractivity contribution is -0.138. The van der Waals surface area contributed by atoms with E-state index in [0.717, 1.165) is 24.4 Å². The highest BCUT2D eigenvalue weighted by Crippen LogP contribution is 2.48. The summed E-state index contributed by atoms with van der Waals surface area (Å²) in [7, 11) is 0. The van der Waals surface area contributed by atoms with Crippen molar-refractivity contribution in [2.45, 2.75) is 38.3 Å². The zero-order valence-corrected chi connectivity index (χ0v) is 12.9. The molecule has 21 heavy (non-hydrogen) atoms. The normalized spacial score (nSPS) is 34.1. The molecular formula is C17H21ClN2O. The summed E-state index contributed by atoms with van der Waals surface area (Å²) in [6, 6.07) is 6.07. The van der Waals surface area contributed by atoms with Crippen molar-refractivity contribution >= 4 is 17.5 Å². The Balaban J connectivity index is 1.54. The van der Waals surface area contributed by atoms with E-state index in [2.05, 4.69) is 6.07 Å². The molecule has 2 aliphatic carbocycles. The highest BCUT2D eigenvalue weighted by Gasteiger charge is 2.50. The molecule has 1 aromatic rings. The van der Waals surface area contributed by atoms with Gasteiger partial charge in [-0.05, 0) is 54.7 Å². The average molecular weight is 305 g/mol. The fourth-order valence-corrected chi connectivity index (χ4v) is 4.95. The smallest absolute Gasteiger partial charge is 0.227 e. The summed E-state index contributed by atoms with van der Waals surface area (Å²) in [6.07, 6.45) is 4.42. The van der Waals surface area contributed by atoms with Crippen molar-refractivity contribution in [2.75, 3.05) is 6.54 Å². The Hall–Kier alpha value is -1.06. The quantitative estimate of drug-likeness (QED) is 0.867. The zero-order chi connectivity index (χ0) is 14.6. The third kappa shape index (κ3) is 2.09. The van der Waals surface area contributed by atoms with Crippen LogP contribution in [0.2, 0.25) is 5.02 Å². The number of benzene rings is 1. The molecule has 2 saturated carbocycles. The summed E-state index contributed by atoms with van der Waals surface area (Å²) in [5.41, 5.74) is 8.72. The number of carbonyl (C=O) groups is 1. The molecule has 2 fully saturated rings. The molecule has 4 unspecified atom stereocenters. The minimum atomic E-state index is 0.0597. The van der Waals surface area contributed by atoms with Crippen LogP contribution in [-0.2, 0) is 17.8 Å². The zero-order valence-electron chi connectivity index (χ0n) is 12.1. The topological polar surface area (TPSA) is 46.3 Å². The van der Waals surface area contributed by atoms with Crippen molar-refractivity contribution in [3.63, 3.8) is 0 Å². The van der Waals surface area contributed by atoms with E-state index in [1.54, 1.807) is 0 Å². The molecule has 4 rings (SSSR count). The molecule has 2 bridgehead atoms. The highest BCUT2D eigenvalue weighted by molar-refractivity contribution is 6.31. The van der Waals surface area contributed by atoms with Crippen LogP contribution in [0, 0.1) is 17.8 Å². The second-order valence-electron chi connectivity index (χ2n) is 6.82. The van der Waals surface area contributed by atoms with Gasteiger partial charge in [0.1, 0.15) is 0 Å². The molecule has 4 atom stereocenters. The van der Waals surface area contributed by atoms with E-state index in [1.807, 2.05) is 17.0 Å². The second-order valence-corrected chi connectivity index (χ2v) is 7.23. The number of carbonyl (C=O) groups excluding carboxylic acids is 1. The van der Waals surface area contributed by atoms with Gasteiger partial charge in [-0.15, -0.1) is 0 Å². The Kier molecular flexibility index (Phi) is 3.23. The molecule has 1 aliphatic heterocycles. The maximum absolute atomic E-state index is 12.9. The first kappa shape index (κ1) is 13.6. The van der Waals surface area contributed by atoms with E-state index >= 15 is 0 Å². The first-order valence-electron chi connectivity index (χ1n) is 7.96. The molecule has 0 aromatic heterocycles. The van der Waals surface area contributed by atoms with Crippen molar-refractivity contribution in [2.24, 2.45) is 23.5 Å². The highest BCUT2D eigenvalue weighted by atomic mass is 35.5. The number of nitrogens with zero attached hydrogens (tertiary/aromatic N) is 1. The summed E-state index contributed by atoms with van der Waals surface area (Å²) in [5.74, 6) is 1.44. The first-order valence-corrected chi connectivity index (χ1v) is 8.33. The third-order valence-electron chi connectivity index (χ3n) is 5.79. The molecule has 0 radical (unpaired) electrons. The first-order chi connectivity index (χ1) is 10.1. The summed E-state index contributed by atoms with van der Waals surface area (Å²) < 4.78 is 0. The van der Waals surface area contributed by atoms with Gasteiger partial charge in [-0.25, -0.2) is 0 Å². The van der Waals surface area contributed by atoms with Crippen LogP contribution in [0.1, 0.15) is 30.4 Å². The second kappa shape index (κ2) is 4.99. The Bertz CT molecular complexity index is 586. The summed E-state index contributed by atoms with van der Waals surface area (Å²) in [6.45, 7) is 1.46. The molecule has 1 amide bonds. The number of halogens is 1. The molecule has 112 valence electrons. The number of fused-ring (bicyclic) bond motifs is 3. The SMILES string of the molecule is NC1C2CCC(C2)C1C(=O)N1CCc2c(Cl)cccc2C1. The molecule has 0 saturated heterocycles. The molecule has 4 heteroatoms. The van der Waals surface area contributed by atoms with E-state index in [4.69, 9.17) is 17.3 Å². The van der Waals surface area contributed by atoms with Crippen LogP contribution in [0.25, 0.3) is 0 Å². The van der Waals surface area contributed by atoms with Gasteiger partial charge in [0.2, 0.25) is 5.91 Å². The van der Waals surface area contributed by atoms with Crippen molar-refractivity contribution in [3.05, 3.63) is 34.3 Å². The van der Waals surface area contributed by atoms with Gasteiger partial charge < -0.3 is 10.6 Å². The van der Waals surface area contributed by atoms with Crippen LogP contribution in [0.5, 0.6) is 0 Å². The average Bonchev–Trinajstić information content (AvgIpc) is 3.07. The molecule has 1 heterocycles. The fourth-order valence-electron chi connectivity index (χ4n) is 4.66. The Labute approximate surface area is 130 Å². The largest absolute Gasteiger partial charge is 0.338 e. The van der Waals surface area contributed by atoms with Crippen molar-refractivity contribution in [1.29, 1.82) is 0 Å². The lowest BCUT2D eigenvalue weighted by Gasteiger charge is -2.35. The van der Waals surface area contributed by atoms with Gasteiger partial charge in [0, 0.05) is 24.2 Å². The van der Waals surface area contributed by atoms with Gasteiger partial charge in [-0.2, -0.15) is 0 Å². The van der Waals surface area contributed by atoms with Crippen LogP contribution in [0.15, 0.2) is 18.2 Å². The maximum atomic E-state index is 12.9. The summed E-state index contributed by atoms with van der Waals surface area (Å²) in [5, 5.41) is 0.830. The maximum Gasteiger partial charge on any atom is 0.227 e. The van der Waals surface area contributed by atoms with E-state index < -0.39 is 0 Å². The standard InChI is InChI=1S/C17H21ClN2O/c18-14-3-1-2-12-9-20(7-6-13(12)14)17(21)15-10-4-5-11(8-10)16(15)19/h1-3,10-11,15-16H,4-9,19H2. The van der Waals surface area contributed by atoms with E-state index in [1.165, 1.54) is 24.0 Å². The van der Waals surface area contributed by atoms with E-state index in [-0.39, 0.29) is 17.9 Å². The van der Waals surface area contributed by atoms with Crippen LogP contribution >= 0.6 is 11.6 Å². The Morgan fingerprint density at radius 2 is 2.10 bits per heavy atom. The van der Waals surface area contributed by atoms with Gasteiger partial charge in [0.25, 0.3) is 0 Å². The number of hydrogen-bond donors (Lipinski definition) is 1. The fraction of sp³-hybridized carbons (Fsp3) is 0.588. The monoisotopic (exact) mass is 304 g/mol. The van der Waals surface area contributed by atoms with Gasteiger partial charge in [-0.1, -0.05) is 23.7 Å². The van der Waals surface area contributed by atoms with Crippen LogP contribution in [-0.4, -0.2) is 23.4 Å². The van der Waals surface area contributed by atoms with Crippen molar-refractivity contribution in [3.8, 4) is 0 Å². The number of nitrogens with two attached hydrogens (primary N) is 1. The molecule has 2 N–H and O–H groups in total. The van der Waals surface area contributed by atoms with Crippen LogP contribution < -0.4 is 5.73 Å². The van der Waals surface area contributed by atoms with Crippen LogP contribution in [0.3, 0.4) is 0 Å². The van der Waals surface area contributed by atoms with Crippen molar-refractivity contribution < 1.29 is 4.79 Å². The number of amides is 1. The molecule has 1 aromatic carbocycles. The predicted octanol–water partition coefficient (Wildman–Crippen LogP) is 2.60. The minimum Gasteiger partial charge on any atom is -0.338 e. The van der Waals surface area contributed by atoms with Gasteiger partial charge in [-0.3, -0.25) is 4.79 Å². The Morgan fingerprint density at radius 1 is 1.29 bits per heavy atom. The number of hydrogen-bond acceptors (Lipinski definition) is 2. The lowest BCUT2D eigenvalue weighted by atomic mass is 9.83. The van der Waals surface area contributed by atoms with E-state index in [0.29, 0.717) is 18.4 Å². The van der Waals surface area contributed by atoms with Gasteiger partial charge >= 0.3 is 0 Å². The lowest BCUT2D eigenvalue weighted by Crippen LogP contribution is -2.48. The molecule has 0 spiro atoms. The molecule has 3 aliphatic rings. The van der Waals surface area contributed by atoms with Crippen molar-refractivity contribution in [1.82, 2.24) is 4.90 Å².